The summed E-state index contributed by atoms with van der Waals surface area (Å²) in [6, 6.07) is 8.00. The van der Waals surface area contributed by atoms with Gasteiger partial charge in [0.05, 0.1) is 0 Å². The third-order valence-electron chi connectivity index (χ3n) is 5.44. The molecule has 0 fully saturated rings. The molecule has 134 valence electrons. The molecule has 0 heterocycles. The molecule has 24 heavy (non-hydrogen) atoms. The fourth-order valence-electron chi connectivity index (χ4n) is 1.65. The zero-order chi connectivity index (χ0) is 19.0. The van der Waals surface area contributed by atoms with Gasteiger partial charge in [-0.05, 0) is 48.4 Å². The van der Waals surface area contributed by atoms with Crippen LogP contribution >= 0.6 is 0 Å². The van der Waals surface area contributed by atoms with Gasteiger partial charge in [0.25, 0.3) is 16.6 Å². The zero-order valence-electron chi connectivity index (χ0n) is 17.0. The Morgan fingerprint density at radius 2 is 1.12 bits per heavy atom. The van der Waals surface area contributed by atoms with Gasteiger partial charge in [0.2, 0.25) is 0 Å². The first kappa shape index (κ1) is 20.8. The van der Waals surface area contributed by atoms with E-state index in [1.165, 1.54) is 0 Å². The third kappa shape index (κ3) is 4.43. The highest BCUT2D eigenvalue weighted by atomic mass is 28.4. The normalized spacial score (nSPS) is 13.4. The molecule has 0 spiro atoms. The third-order valence-corrected chi connectivity index (χ3v) is 14.1. The molecule has 0 unspecified atom stereocenters. The van der Waals surface area contributed by atoms with Gasteiger partial charge in [-0.15, -0.1) is 0 Å². The van der Waals surface area contributed by atoms with Gasteiger partial charge in [-0.25, -0.2) is 0 Å². The predicted octanol–water partition coefficient (Wildman–Crippen LogP) is 6.33. The molecule has 0 aliphatic heterocycles. The van der Waals surface area contributed by atoms with E-state index in [0.29, 0.717) is 17.1 Å². The van der Waals surface area contributed by atoms with E-state index in [1.807, 2.05) is 18.2 Å². The van der Waals surface area contributed by atoms with Crippen LogP contribution in [0.5, 0.6) is 11.5 Å². The number of hydrogen-bond acceptors (Lipinski definition) is 3. The van der Waals surface area contributed by atoms with Crippen molar-refractivity contribution in [3.8, 4) is 17.6 Å². The summed E-state index contributed by atoms with van der Waals surface area (Å²) in [5.74, 6) is 1.31. The van der Waals surface area contributed by atoms with Crippen LogP contribution in [-0.2, 0) is 0 Å². The lowest BCUT2D eigenvalue weighted by molar-refractivity contribution is 0.472. The van der Waals surface area contributed by atoms with Crippen LogP contribution in [0.3, 0.4) is 0 Å². The van der Waals surface area contributed by atoms with Crippen LogP contribution in [0.1, 0.15) is 47.1 Å². The maximum absolute atomic E-state index is 9.72. The van der Waals surface area contributed by atoms with Crippen molar-refractivity contribution in [2.75, 3.05) is 0 Å². The van der Waals surface area contributed by atoms with Crippen molar-refractivity contribution in [3.63, 3.8) is 0 Å². The van der Waals surface area contributed by atoms with Gasteiger partial charge in [-0.3, -0.25) is 0 Å². The molecule has 0 radical (unpaired) electrons. The van der Waals surface area contributed by atoms with Gasteiger partial charge >= 0.3 is 0 Å². The largest absolute Gasteiger partial charge is 0.543 e. The molecule has 1 rings (SSSR count). The van der Waals surface area contributed by atoms with Gasteiger partial charge in [-0.1, -0.05) is 47.6 Å². The van der Waals surface area contributed by atoms with Crippen LogP contribution in [0.25, 0.3) is 0 Å². The first-order valence-electron chi connectivity index (χ1n) is 8.53. The van der Waals surface area contributed by atoms with Crippen LogP contribution in [-0.4, -0.2) is 16.6 Å². The van der Waals surface area contributed by atoms with Gasteiger partial charge < -0.3 is 8.85 Å². The molecule has 0 amide bonds. The summed E-state index contributed by atoms with van der Waals surface area (Å²) in [5.41, 5.74) is 0.521. The molecule has 1 aromatic rings. The van der Waals surface area contributed by atoms with Crippen molar-refractivity contribution < 1.29 is 8.85 Å². The summed E-state index contributed by atoms with van der Waals surface area (Å²) in [6.07, 6.45) is 0. The molecule has 0 bridgehead atoms. The van der Waals surface area contributed by atoms with Crippen LogP contribution in [0, 0.1) is 11.3 Å². The highest BCUT2D eigenvalue weighted by Crippen LogP contribution is 2.42. The molecule has 0 N–H and O–H groups in total. The van der Waals surface area contributed by atoms with Gasteiger partial charge in [0, 0.05) is 0 Å². The van der Waals surface area contributed by atoms with Gasteiger partial charge in [0.1, 0.15) is 23.1 Å². The first-order valence-corrected chi connectivity index (χ1v) is 14.4. The molecule has 1 aromatic carbocycles. The van der Waals surface area contributed by atoms with Crippen molar-refractivity contribution in [2.24, 2.45) is 0 Å². The first-order chi connectivity index (χ1) is 10.6. The quantitative estimate of drug-likeness (QED) is 0.587. The molecule has 5 heteroatoms. The van der Waals surface area contributed by atoms with E-state index in [1.54, 1.807) is 0 Å². The molecule has 0 atom stereocenters. The zero-order valence-corrected chi connectivity index (χ0v) is 19.0. The molecular weight excluding hydrogens is 330 g/mol. The van der Waals surface area contributed by atoms with Crippen molar-refractivity contribution in [2.45, 2.75) is 77.8 Å². The highest BCUT2D eigenvalue weighted by Gasteiger charge is 2.41. The Kier molecular flexibility index (Phi) is 5.69. The maximum Gasteiger partial charge on any atom is 0.250 e. The number of rotatable bonds is 4. The van der Waals surface area contributed by atoms with Crippen LogP contribution in [0.4, 0.5) is 0 Å². The predicted molar refractivity (Wildman–Crippen MR) is 107 cm³/mol. The Morgan fingerprint density at radius 3 is 1.38 bits per heavy atom. The lowest BCUT2D eigenvalue weighted by Gasteiger charge is -2.38. The monoisotopic (exact) mass is 363 g/mol. The fourth-order valence-corrected chi connectivity index (χ4v) is 3.70. The van der Waals surface area contributed by atoms with Crippen molar-refractivity contribution in [1.82, 2.24) is 0 Å². The van der Waals surface area contributed by atoms with Crippen molar-refractivity contribution >= 4 is 16.6 Å². The summed E-state index contributed by atoms with van der Waals surface area (Å²) in [7, 11) is -4.01. The smallest absolute Gasteiger partial charge is 0.250 e. The van der Waals surface area contributed by atoms with E-state index in [2.05, 4.69) is 73.8 Å². The van der Waals surface area contributed by atoms with E-state index in [4.69, 9.17) is 8.85 Å². The Morgan fingerprint density at radius 1 is 0.792 bits per heavy atom. The minimum atomic E-state index is -2.01. The minimum absolute atomic E-state index is 0.0794. The summed E-state index contributed by atoms with van der Waals surface area (Å²) in [6.45, 7) is 21.9. The lowest BCUT2D eigenvalue weighted by Crippen LogP contribution is -2.45. The SMILES string of the molecule is CC(C)(C)[Si](C)(C)Oc1cccc(O[Si](C)(C)C(C)(C)C)c1C#N. The average Bonchev–Trinajstić information content (AvgIpc) is 2.35. The van der Waals surface area contributed by atoms with E-state index < -0.39 is 16.6 Å². The molecule has 0 aromatic heterocycles. The summed E-state index contributed by atoms with van der Waals surface area (Å²) in [5, 5.41) is 9.88. The number of hydrogen-bond donors (Lipinski definition) is 0. The Balaban J connectivity index is 3.28. The van der Waals surface area contributed by atoms with Crippen molar-refractivity contribution in [3.05, 3.63) is 23.8 Å². The van der Waals surface area contributed by atoms with E-state index >= 15 is 0 Å². The van der Waals surface area contributed by atoms with E-state index in [9.17, 15) is 5.26 Å². The number of nitrogens with zero attached hydrogens (tertiary/aromatic N) is 1. The average molecular weight is 364 g/mol. The molecule has 0 aliphatic carbocycles. The van der Waals surface area contributed by atoms with Crippen LogP contribution in [0.2, 0.25) is 36.3 Å². The summed E-state index contributed by atoms with van der Waals surface area (Å²) in [4.78, 5) is 0. The Bertz CT molecular complexity index is 586. The minimum Gasteiger partial charge on any atom is -0.543 e. The van der Waals surface area contributed by atoms with E-state index in [0.717, 1.165) is 0 Å². The maximum atomic E-state index is 9.72. The lowest BCUT2D eigenvalue weighted by atomic mass is 10.2. The summed E-state index contributed by atoms with van der Waals surface area (Å²) < 4.78 is 12.8. The van der Waals surface area contributed by atoms with Gasteiger partial charge in [0.15, 0.2) is 0 Å². The van der Waals surface area contributed by atoms with E-state index in [-0.39, 0.29) is 10.1 Å². The Hall–Kier alpha value is -1.26. The second-order valence-electron chi connectivity index (χ2n) is 9.47. The summed E-state index contributed by atoms with van der Waals surface area (Å²) >= 11 is 0. The second-order valence-corrected chi connectivity index (χ2v) is 18.9. The second kappa shape index (κ2) is 6.57. The standard InChI is InChI=1S/C19H33NO2Si2/c1-18(2,3)23(7,8)21-16-12-11-13-17(15(16)14-20)22-24(9,10)19(4,5)6/h11-13H,1-10H3. The van der Waals surface area contributed by atoms with Crippen LogP contribution < -0.4 is 8.85 Å². The fraction of sp³-hybridized carbons (Fsp3) is 0.632. The molecule has 0 saturated carbocycles. The van der Waals surface area contributed by atoms with Crippen molar-refractivity contribution in [1.29, 1.82) is 5.26 Å². The molecule has 3 nitrogen and oxygen atoms in total. The topological polar surface area (TPSA) is 42.2 Å². The number of benzene rings is 1. The number of nitriles is 1. The highest BCUT2D eigenvalue weighted by molar-refractivity contribution is 6.75. The molecular formula is C19H33NO2Si2. The Labute approximate surface area is 150 Å². The molecule has 0 aliphatic rings. The molecule has 0 saturated heterocycles. The van der Waals surface area contributed by atoms with Gasteiger partial charge in [-0.2, -0.15) is 5.26 Å². The van der Waals surface area contributed by atoms with Crippen LogP contribution in [0.15, 0.2) is 18.2 Å².